The third-order valence-corrected chi connectivity index (χ3v) is 4.86. The van der Waals surface area contributed by atoms with Gasteiger partial charge in [-0.1, -0.05) is 70.2 Å². The minimum absolute atomic E-state index is 0.0368. The Kier molecular flexibility index (Phi) is 6.42. The lowest BCUT2D eigenvalue weighted by Gasteiger charge is -2.19. The zero-order valence-electron chi connectivity index (χ0n) is 16.9. The molecule has 0 aliphatic rings. The van der Waals surface area contributed by atoms with Crippen molar-refractivity contribution in [2.24, 2.45) is 0 Å². The minimum atomic E-state index is -0.0602. The van der Waals surface area contributed by atoms with Gasteiger partial charge in [-0.2, -0.15) is 0 Å². The van der Waals surface area contributed by atoms with E-state index in [-0.39, 0.29) is 17.4 Å². The lowest BCUT2D eigenvalue weighted by molar-refractivity contribution is -0.117. The van der Waals surface area contributed by atoms with Crippen LogP contribution in [0.3, 0.4) is 0 Å². The first-order valence-corrected chi connectivity index (χ1v) is 9.37. The predicted molar refractivity (Wildman–Crippen MR) is 111 cm³/mol. The maximum atomic E-state index is 12.3. The highest BCUT2D eigenvalue weighted by atomic mass is 16.1. The molecule has 0 aliphatic heterocycles. The fourth-order valence-electron chi connectivity index (χ4n) is 2.89. The molecule has 0 saturated carbocycles. The zero-order chi connectivity index (χ0) is 19.3. The van der Waals surface area contributed by atoms with Crippen LogP contribution in [0.1, 0.15) is 68.0 Å². The van der Waals surface area contributed by atoms with Gasteiger partial charge in [0.25, 0.3) is 0 Å². The van der Waals surface area contributed by atoms with Crippen molar-refractivity contribution in [2.75, 3.05) is 0 Å². The monoisotopic (exact) mass is 349 g/mol. The molecule has 138 valence electrons. The first kappa shape index (κ1) is 20.0. The lowest BCUT2D eigenvalue weighted by atomic mass is 9.87. The number of rotatable bonds is 5. The quantitative estimate of drug-likeness (QED) is 0.671. The second-order valence-corrected chi connectivity index (χ2v) is 8.02. The van der Waals surface area contributed by atoms with Gasteiger partial charge in [-0.3, -0.25) is 4.79 Å². The van der Waals surface area contributed by atoms with E-state index >= 15 is 0 Å². The summed E-state index contributed by atoms with van der Waals surface area (Å²) in [5, 5.41) is 3.11. The Morgan fingerprint density at radius 1 is 1.04 bits per heavy atom. The molecule has 0 heterocycles. The van der Waals surface area contributed by atoms with E-state index in [0.29, 0.717) is 0 Å². The topological polar surface area (TPSA) is 29.1 Å². The summed E-state index contributed by atoms with van der Waals surface area (Å²) in [6.45, 7) is 12.9. The number of aryl methyl sites for hydroxylation is 2. The van der Waals surface area contributed by atoms with E-state index in [1.54, 1.807) is 6.08 Å². The molecule has 0 fully saturated rings. The van der Waals surface area contributed by atoms with Crippen LogP contribution in [-0.2, 0) is 10.2 Å². The first-order valence-electron chi connectivity index (χ1n) is 9.37. The van der Waals surface area contributed by atoms with Crippen LogP contribution in [0.15, 0.2) is 48.5 Å². The van der Waals surface area contributed by atoms with Crippen molar-refractivity contribution in [1.82, 2.24) is 5.32 Å². The van der Waals surface area contributed by atoms with E-state index < -0.39 is 0 Å². The molecule has 0 aliphatic carbocycles. The number of carbonyl (C=O) groups excluding carboxylic acids is 1. The summed E-state index contributed by atoms with van der Waals surface area (Å²) in [7, 11) is 0. The Morgan fingerprint density at radius 2 is 1.69 bits per heavy atom. The van der Waals surface area contributed by atoms with E-state index in [2.05, 4.69) is 89.3 Å². The number of hydrogen-bond acceptors (Lipinski definition) is 1. The Bertz CT molecular complexity index is 779. The molecular weight excluding hydrogens is 318 g/mol. The van der Waals surface area contributed by atoms with Gasteiger partial charge in [-0.25, -0.2) is 0 Å². The number of amides is 1. The van der Waals surface area contributed by atoms with Crippen molar-refractivity contribution in [3.8, 4) is 0 Å². The Labute approximate surface area is 158 Å². The largest absolute Gasteiger partial charge is 0.346 e. The average molecular weight is 350 g/mol. The SMILES string of the molecule is CC[C@H](NC(=O)/C=C/c1ccc(C(C)(C)C)cc1)c1ccc(C)c(C)c1. The fraction of sp³-hybridized carbons (Fsp3) is 0.375. The minimum Gasteiger partial charge on any atom is -0.346 e. The zero-order valence-corrected chi connectivity index (χ0v) is 16.9. The van der Waals surface area contributed by atoms with E-state index in [4.69, 9.17) is 0 Å². The molecule has 2 nitrogen and oxygen atoms in total. The summed E-state index contributed by atoms with van der Waals surface area (Å²) in [6.07, 6.45) is 4.35. The molecule has 0 radical (unpaired) electrons. The molecule has 1 atom stereocenters. The Hall–Kier alpha value is -2.35. The number of carbonyl (C=O) groups is 1. The molecule has 26 heavy (non-hydrogen) atoms. The summed E-state index contributed by atoms with van der Waals surface area (Å²) in [6, 6.07) is 14.8. The predicted octanol–water partition coefficient (Wildman–Crippen LogP) is 5.88. The van der Waals surface area contributed by atoms with Crippen LogP contribution in [0.4, 0.5) is 0 Å². The lowest BCUT2D eigenvalue weighted by Crippen LogP contribution is -2.26. The molecule has 2 heteroatoms. The van der Waals surface area contributed by atoms with Gasteiger partial charge in [-0.05, 0) is 59.6 Å². The maximum Gasteiger partial charge on any atom is 0.244 e. The normalized spacial score (nSPS) is 13.0. The summed E-state index contributed by atoms with van der Waals surface area (Å²) in [4.78, 5) is 12.3. The van der Waals surface area contributed by atoms with Gasteiger partial charge in [0, 0.05) is 6.08 Å². The summed E-state index contributed by atoms with van der Waals surface area (Å²) >= 11 is 0. The third-order valence-electron chi connectivity index (χ3n) is 4.86. The Morgan fingerprint density at radius 3 is 2.23 bits per heavy atom. The van der Waals surface area contributed by atoms with Crippen LogP contribution >= 0.6 is 0 Å². The summed E-state index contributed by atoms with van der Waals surface area (Å²) in [5.41, 5.74) is 6.15. The highest BCUT2D eigenvalue weighted by Crippen LogP contribution is 2.23. The van der Waals surface area contributed by atoms with Gasteiger partial charge < -0.3 is 5.32 Å². The van der Waals surface area contributed by atoms with Gasteiger partial charge in [0.15, 0.2) is 0 Å². The number of hydrogen-bond donors (Lipinski definition) is 1. The van der Waals surface area contributed by atoms with Gasteiger partial charge in [0.1, 0.15) is 0 Å². The smallest absolute Gasteiger partial charge is 0.244 e. The van der Waals surface area contributed by atoms with Crippen LogP contribution < -0.4 is 5.32 Å². The van der Waals surface area contributed by atoms with Crippen molar-refractivity contribution in [3.05, 3.63) is 76.4 Å². The second-order valence-electron chi connectivity index (χ2n) is 8.02. The second kappa shape index (κ2) is 8.35. The van der Waals surface area contributed by atoms with Crippen LogP contribution in [-0.4, -0.2) is 5.91 Å². The van der Waals surface area contributed by atoms with Crippen molar-refractivity contribution < 1.29 is 4.79 Å². The molecule has 1 amide bonds. The van der Waals surface area contributed by atoms with E-state index in [1.165, 1.54) is 16.7 Å². The summed E-state index contributed by atoms with van der Waals surface area (Å²) in [5.74, 6) is -0.0602. The fourth-order valence-corrected chi connectivity index (χ4v) is 2.89. The van der Waals surface area contributed by atoms with Crippen molar-refractivity contribution in [3.63, 3.8) is 0 Å². The first-order chi connectivity index (χ1) is 12.2. The highest BCUT2D eigenvalue weighted by molar-refractivity contribution is 5.92. The molecule has 2 aromatic carbocycles. The highest BCUT2D eigenvalue weighted by Gasteiger charge is 2.13. The molecule has 1 N–H and O–H groups in total. The molecule has 0 aromatic heterocycles. The third kappa shape index (κ3) is 5.32. The van der Waals surface area contributed by atoms with Crippen LogP contribution in [0.2, 0.25) is 0 Å². The van der Waals surface area contributed by atoms with Crippen LogP contribution in [0.25, 0.3) is 6.08 Å². The van der Waals surface area contributed by atoms with E-state index in [1.807, 2.05) is 6.08 Å². The molecule has 0 unspecified atom stereocenters. The van der Waals surface area contributed by atoms with Crippen molar-refractivity contribution >= 4 is 12.0 Å². The standard InChI is InChI=1S/C24H31NO/c1-7-22(20-12-8-17(2)18(3)16-20)25-23(26)15-11-19-9-13-21(14-10-19)24(4,5)6/h8-16,22H,7H2,1-6H3,(H,25,26)/b15-11+/t22-/m0/s1. The van der Waals surface area contributed by atoms with Gasteiger partial charge in [0.2, 0.25) is 5.91 Å². The molecule has 0 spiro atoms. The number of benzene rings is 2. The van der Waals surface area contributed by atoms with Crippen molar-refractivity contribution in [1.29, 1.82) is 0 Å². The average Bonchev–Trinajstić information content (AvgIpc) is 2.60. The van der Waals surface area contributed by atoms with Crippen molar-refractivity contribution in [2.45, 2.75) is 59.4 Å². The Balaban J connectivity index is 2.04. The maximum absolute atomic E-state index is 12.3. The molecule has 0 saturated heterocycles. The van der Waals surface area contributed by atoms with Gasteiger partial charge in [0.05, 0.1) is 6.04 Å². The van der Waals surface area contributed by atoms with E-state index in [9.17, 15) is 4.79 Å². The number of nitrogens with one attached hydrogen (secondary N) is 1. The molecule has 0 bridgehead atoms. The van der Waals surface area contributed by atoms with E-state index in [0.717, 1.165) is 17.5 Å². The van der Waals surface area contributed by atoms with Gasteiger partial charge >= 0.3 is 0 Å². The van der Waals surface area contributed by atoms with Crippen LogP contribution in [0.5, 0.6) is 0 Å². The van der Waals surface area contributed by atoms with Gasteiger partial charge in [-0.15, -0.1) is 0 Å². The summed E-state index contributed by atoms with van der Waals surface area (Å²) < 4.78 is 0. The molecule has 2 rings (SSSR count). The van der Waals surface area contributed by atoms with Crippen LogP contribution in [0, 0.1) is 13.8 Å². The molecular formula is C24H31NO. The molecule has 2 aromatic rings.